The number of carbonyl (C=O) groups excluding carboxylic acids is 1. The summed E-state index contributed by atoms with van der Waals surface area (Å²) < 4.78 is 5.92. The zero-order chi connectivity index (χ0) is 21.5. The highest BCUT2D eigenvalue weighted by Gasteiger charge is 2.31. The third-order valence-electron chi connectivity index (χ3n) is 6.60. The van der Waals surface area contributed by atoms with Crippen LogP contribution in [0.15, 0.2) is 40.9 Å². The van der Waals surface area contributed by atoms with E-state index in [0.29, 0.717) is 38.0 Å². The van der Waals surface area contributed by atoms with Crippen LogP contribution in [0.3, 0.4) is 0 Å². The second-order valence-corrected chi connectivity index (χ2v) is 8.84. The normalized spacial score (nSPS) is 18.0. The molecule has 6 rings (SSSR count). The van der Waals surface area contributed by atoms with Crippen molar-refractivity contribution in [3.63, 3.8) is 0 Å². The van der Waals surface area contributed by atoms with Gasteiger partial charge in [0, 0.05) is 44.0 Å². The molecule has 0 spiro atoms. The number of fused-ring (bicyclic) bond motifs is 1. The average Bonchev–Trinajstić information content (AvgIpc) is 3.37. The number of carbonyl (C=O) groups is 1. The Morgan fingerprint density at radius 3 is 2.72 bits per heavy atom. The van der Waals surface area contributed by atoms with Crippen molar-refractivity contribution < 1.29 is 9.21 Å². The fourth-order valence-electron chi connectivity index (χ4n) is 4.63. The van der Waals surface area contributed by atoms with Gasteiger partial charge in [0.15, 0.2) is 0 Å². The smallest absolute Gasteiger partial charge is 0.321 e. The minimum Gasteiger partial charge on any atom is -0.420 e. The molecule has 2 fully saturated rings. The molecule has 1 aromatic carbocycles. The molecule has 2 aromatic heterocycles. The third kappa shape index (κ3) is 3.70. The molecule has 2 amide bonds. The number of piperazine rings is 1. The minimum absolute atomic E-state index is 0.0465. The van der Waals surface area contributed by atoms with E-state index in [2.05, 4.69) is 37.5 Å². The summed E-state index contributed by atoms with van der Waals surface area (Å²) >= 11 is 0. The van der Waals surface area contributed by atoms with E-state index in [0.717, 1.165) is 48.6 Å². The van der Waals surface area contributed by atoms with Gasteiger partial charge >= 0.3 is 6.03 Å². The lowest BCUT2D eigenvalue weighted by molar-refractivity contribution is 0.208. The molecule has 1 aliphatic heterocycles. The van der Waals surface area contributed by atoms with Gasteiger partial charge in [-0.05, 0) is 67.5 Å². The van der Waals surface area contributed by atoms with E-state index in [1.54, 1.807) is 6.20 Å². The number of pyridine rings is 1. The molecule has 0 bridgehead atoms. The SMILES string of the molecule is O=C(Nc1ccc2c(c1)CCC2)N1CCN(c2ncccc2-c2nnc(C3CC3)o2)CC1. The van der Waals surface area contributed by atoms with Gasteiger partial charge in [-0.1, -0.05) is 6.07 Å². The molecule has 164 valence electrons. The number of amides is 2. The number of nitrogens with one attached hydrogen (secondary N) is 1. The molecule has 0 unspecified atom stereocenters. The van der Waals surface area contributed by atoms with Gasteiger partial charge in [0.2, 0.25) is 5.89 Å². The molecular formula is C24H26N6O2. The summed E-state index contributed by atoms with van der Waals surface area (Å²) in [6.45, 7) is 2.66. The lowest BCUT2D eigenvalue weighted by Crippen LogP contribution is -2.50. The van der Waals surface area contributed by atoms with Crippen molar-refractivity contribution in [1.82, 2.24) is 20.1 Å². The summed E-state index contributed by atoms with van der Waals surface area (Å²) in [5.74, 6) is 2.50. The fraction of sp³-hybridized carbons (Fsp3) is 0.417. The van der Waals surface area contributed by atoms with Crippen molar-refractivity contribution in [2.24, 2.45) is 0 Å². The molecule has 2 aliphatic carbocycles. The summed E-state index contributed by atoms with van der Waals surface area (Å²) in [5, 5.41) is 11.5. The number of anilines is 2. The quantitative estimate of drug-likeness (QED) is 0.676. The molecular weight excluding hydrogens is 404 g/mol. The number of benzene rings is 1. The number of hydrogen-bond acceptors (Lipinski definition) is 6. The van der Waals surface area contributed by atoms with Crippen LogP contribution < -0.4 is 10.2 Å². The first-order valence-corrected chi connectivity index (χ1v) is 11.5. The highest BCUT2D eigenvalue weighted by atomic mass is 16.4. The monoisotopic (exact) mass is 430 g/mol. The second-order valence-electron chi connectivity index (χ2n) is 8.84. The summed E-state index contributed by atoms with van der Waals surface area (Å²) in [6, 6.07) is 10.1. The lowest BCUT2D eigenvalue weighted by atomic mass is 10.1. The predicted octanol–water partition coefficient (Wildman–Crippen LogP) is 3.85. The predicted molar refractivity (Wildman–Crippen MR) is 121 cm³/mol. The van der Waals surface area contributed by atoms with Gasteiger partial charge in [-0.3, -0.25) is 0 Å². The molecule has 32 heavy (non-hydrogen) atoms. The number of aromatic nitrogens is 3. The van der Waals surface area contributed by atoms with E-state index >= 15 is 0 Å². The summed E-state index contributed by atoms with van der Waals surface area (Å²) in [7, 11) is 0. The molecule has 3 aromatic rings. The van der Waals surface area contributed by atoms with Crippen LogP contribution in [0.4, 0.5) is 16.3 Å². The lowest BCUT2D eigenvalue weighted by Gasteiger charge is -2.35. The van der Waals surface area contributed by atoms with Crippen molar-refractivity contribution in [3.8, 4) is 11.5 Å². The summed E-state index contributed by atoms with van der Waals surface area (Å²) in [6.07, 6.45) is 7.48. The highest BCUT2D eigenvalue weighted by molar-refractivity contribution is 5.89. The zero-order valence-electron chi connectivity index (χ0n) is 18.0. The Kier molecular flexibility index (Phi) is 4.78. The zero-order valence-corrected chi connectivity index (χ0v) is 18.0. The first-order chi connectivity index (χ1) is 15.7. The minimum atomic E-state index is -0.0465. The largest absolute Gasteiger partial charge is 0.420 e. The number of aryl methyl sites for hydroxylation is 2. The van der Waals surface area contributed by atoms with Gasteiger partial charge < -0.3 is 19.5 Å². The van der Waals surface area contributed by atoms with Crippen LogP contribution in [0, 0.1) is 0 Å². The topological polar surface area (TPSA) is 87.4 Å². The van der Waals surface area contributed by atoms with Crippen molar-refractivity contribution in [3.05, 3.63) is 53.5 Å². The molecule has 3 heterocycles. The van der Waals surface area contributed by atoms with E-state index in [1.165, 1.54) is 17.5 Å². The molecule has 8 heteroatoms. The van der Waals surface area contributed by atoms with E-state index in [4.69, 9.17) is 4.42 Å². The second kappa shape index (κ2) is 7.93. The number of nitrogens with zero attached hydrogens (tertiary/aromatic N) is 5. The van der Waals surface area contributed by atoms with Crippen LogP contribution in [-0.2, 0) is 12.8 Å². The van der Waals surface area contributed by atoms with E-state index < -0.39 is 0 Å². The number of urea groups is 1. The maximum atomic E-state index is 12.8. The van der Waals surface area contributed by atoms with E-state index in [9.17, 15) is 4.79 Å². The van der Waals surface area contributed by atoms with E-state index in [-0.39, 0.29) is 6.03 Å². The standard InChI is InChI=1S/C24H26N6O2/c31-24(26-19-9-8-16-3-1-4-18(16)15-19)30-13-11-29(12-14-30)21-20(5-2-10-25-21)23-28-27-22(32-23)17-6-7-17/h2,5,8-10,15,17H,1,3-4,6-7,11-14H2,(H,26,31). The summed E-state index contributed by atoms with van der Waals surface area (Å²) in [4.78, 5) is 21.5. The van der Waals surface area contributed by atoms with Crippen LogP contribution in [-0.4, -0.2) is 52.3 Å². The van der Waals surface area contributed by atoms with Gasteiger partial charge in [0.05, 0.1) is 5.56 Å². The molecule has 0 atom stereocenters. The van der Waals surface area contributed by atoms with Crippen LogP contribution in [0.1, 0.15) is 42.2 Å². The Labute approximate surface area is 186 Å². The van der Waals surface area contributed by atoms with Crippen LogP contribution >= 0.6 is 0 Å². The van der Waals surface area contributed by atoms with Gasteiger partial charge in [0.1, 0.15) is 5.82 Å². The van der Waals surface area contributed by atoms with Crippen molar-refractivity contribution in [2.45, 2.75) is 38.0 Å². The maximum Gasteiger partial charge on any atom is 0.321 e. The van der Waals surface area contributed by atoms with Gasteiger partial charge in [0.25, 0.3) is 5.89 Å². The highest BCUT2D eigenvalue weighted by Crippen LogP contribution is 2.40. The molecule has 1 N–H and O–H groups in total. The molecule has 0 radical (unpaired) electrons. The van der Waals surface area contributed by atoms with Crippen LogP contribution in [0.5, 0.6) is 0 Å². The van der Waals surface area contributed by atoms with E-state index in [1.807, 2.05) is 23.1 Å². The molecule has 3 aliphatic rings. The summed E-state index contributed by atoms with van der Waals surface area (Å²) in [5.41, 5.74) is 4.50. The molecule has 1 saturated heterocycles. The Bertz CT molecular complexity index is 1150. The van der Waals surface area contributed by atoms with Gasteiger partial charge in [-0.25, -0.2) is 9.78 Å². The van der Waals surface area contributed by atoms with Crippen LogP contribution in [0.25, 0.3) is 11.5 Å². The van der Waals surface area contributed by atoms with Crippen LogP contribution in [0.2, 0.25) is 0 Å². The average molecular weight is 431 g/mol. The number of hydrogen-bond donors (Lipinski definition) is 1. The first kappa shape index (κ1) is 19.3. The Balaban J connectivity index is 1.12. The third-order valence-corrected chi connectivity index (χ3v) is 6.60. The Morgan fingerprint density at radius 2 is 1.88 bits per heavy atom. The van der Waals surface area contributed by atoms with Crippen molar-refractivity contribution >= 4 is 17.5 Å². The van der Waals surface area contributed by atoms with Gasteiger partial charge in [-0.15, -0.1) is 10.2 Å². The fourth-order valence-corrected chi connectivity index (χ4v) is 4.63. The molecule has 1 saturated carbocycles. The van der Waals surface area contributed by atoms with Gasteiger partial charge in [-0.2, -0.15) is 0 Å². The van der Waals surface area contributed by atoms with Crippen molar-refractivity contribution in [1.29, 1.82) is 0 Å². The Morgan fingerprint density at radius 1 is 1.03 bits per heavy atom. The first-order valence-electron chi connectivity index (χ1n) is 11.5. The molecule has 8 nitrogen and oxygen atoms in total. The maximum absolute atomic E-state index is 12.8. The van der Waals surface area contributed by atoms with Crippen molar-refractivity contribution in [2.75, 3.05) is 36.4 Å². The Hall–Kier alpha value is -3.42. The number of rotatable bonds is 4.